The van der Waals surface area contributed by atoms with Crippen LogP contribution in [0.5, 0.6) is 5.75 Å². The molecule has 0 saturated carbocycles. The zero-order valence-electron chi connectivity index (χ0n) is 22.4. The Kier molecular flexibility index (Phi) is 9.51. The van der Waals surface area contributed by atoms with Crippen LogP contribution in [0.3, 0.4) is 0 Å². The van der Waals surface area contributed by atoms with Gasteiger partial charge in [0.25, 0.3) is 0 Å². The summed E-state index contributed by atoms with van der Waals surface area (Å²) in [4.78, 5) is 16.7. The molecule has 7 nitrogen and oxygen atoms in total. The third-order valence-electron chi connectivity index (χ3n) is 6.13. The van der Waals surface area contributed by atoms with Crippen LogP contribution in [-0.2, 0) is 40.3 Å². The van der Waals surface area contributed by atoms with Gasteiger partial charge in [-0.25, -0.2) is 0 Å². The van der Waals surface area contributed by atoms with Crippen molar-refractivity contribution in [1.29, 1.82) is 0 Å². The van der Waals surface area contributed by atoms with Crippen LogP contribution in [0.25, 0.3) is 22.1 Å². The van der Waals surface area contributed by atoms with Crippen LogP contribution in [0.1, 0.15) is 42.8 Å². The van der Waals surface area contributed by atoms with Crippen molar-refractivity contribution < 1.29 is 23.4 Å². The van der Waals surface area contributed by atoms with Crippen molar-refractivity contribution in [3.63, 3.8) is 0 Å². The normalized spacial score (nSPS) is 11.3. The van der Waals surface area contributed by atoms with Crippen LogP contribution < -0.4 is 10.5 Å². The topological polar surface area (TPSA) is 96.8 Å². The van der Waals surface area contributed by atoms with Crippen molar-refractivity contribution in [3.05, 3.63) is 83.4 Å². The molecular formula is C31H36N2O5. The molecule has 4 aromatic rings. The Morgan fingerprint density at radius 1 is 1.08 bits per heavy atom. The summed E-state index contributed by atoms with van der Waals surface area (Å²) in [5.74, 6) is 1.81. The lowest BCUT2D eigenvalue weighted by molar-refractivity contribution is -0.143. The van der Waals surface area contributed by atoms with Gasteiger partial charge in [-0.15, -0.1) is 0 Å². The number of nitrogens with zero attached hydrogens (tertiary/aromatic N) is 1. The largest absolute Gasteiger partial charge is 0.489 e. The maximum atomic E-state index is 12.3. The Bertz CT molecular complexity index is 1360. The van der Waals surface area contributed by atoms with Crippen molar-refractivity contribution in [3.8, 4) is 16.9 Å². The predicted molar refractivity (Wildman–Crippen MR) is 148 cm³/mol. The van der Waals surface area contributed by atoms with Crippen molar-refractivity contribution in [2.24, 2.45) is 11.7 Å². The first-order chi connectivity index (χ1) is 18.5. The Balaban J connectivity index is 1.58. The predicted octanol–water partition coefficient (Wildman–Crippen LogP) is 5.85. The fraction of sp³-hybridized carbons (Fsp3) is 0.355. The first-order valence-electron chi connectivity index (χ1n) is 13.0. The number of ether oxygens (including phenoxy) is 3. The van der Waals surface area contributed by atoms with E-state index >= 15 is 0 Å². The number of benzene rings is 2. The zero-order chi connectivity index (χ0) is 26.9. The van der Waals surface area contributed by atoms with Gasteiger partial charge in [-0.1, -0.05) is 32.0 Å². The van der Waals surface area contributed by atoms with Crippen LogP contribution in [0.4, 0.5) is 0 Å². The lowest BCUT2D eigenvalue weighted by Gasteiger charge is -2.13. The molecule has 4 rings (SSSR count). The van der Waals surface area contributed by atoms with E-state index in [2.05, 4.69) is 37.0 Å². The number of carbonyl (C=O) groups excluding carboxylic acids is 1. The number of rotatable bonds is 13. The number of aromatic nitrogens is 1. The molecule has 2 aromatic carbocycles. The van der Waals surface area contributed by atoms with E-state index < -0.39 is 0 Å². The van der Waals surface area contributed by atoms with E-state index in [9.17, 15) is 4.79 Å². The molecule has 0 unspecified atom stereocenters. The highest BCUT2D eigenvalue weighted by atomic mass is 16.5. The smallest absolute Gasteiger partial charge is 0.310 e. The standard InChI is InChI=1S/C31H36N2O5/c1-21(2)13-27-17-25-14-22(15-28(31(25)38-27)23-9-10-33-26(16-23)19-32)20-37-29-8-5-4-7-24(29)18-30(34)36-12-6-11-35-3/h4-5,7-10,14-17,21H,6,11-13,18-20,32H2,1-3H3. The van der Waals surface area contributed by atoms with Crippen molar-refractivity contribution in [1.82, 2.24) is 4.98 Å². The highest BCUT2D eigenvalue weighted by molar-refractivity contribution is 5.93. The van der Waals surface area contributed by atoms with Crippen LogP contribution in [0.2, 0.25) is 0 Å². The van der Waals surface area contributed by atoms with E-state index in [4.69, 9.17) is 24.4 Å². The third-order valence-corrected chi connectivity index (χ3v) is 6.13. The van der Waals surface area contributed by atoms with Gasteiger partial charge in [-0.3, -0.25) is 9.78 Å². The van der Waals surface area contributed by atoms with Gasteiger partial charge in [0.1, 0.15) is 23.7 Å². The molecule has 7 heteroatoms. The maximum absolute atomic E-state index is 12.3. The molecule has 0 aliphatic rings. The fourth-order valence-corrected chi connectivity index (χ4v) is 4.37. The molecule has 0 fully saturated rings. The van der Waals surface area contributed by atoms with Gasteiger partial charge in [0.2, 0.25) is 0 Å². The molecule has 200 valence electrons. The number of hydrogen-bond acceptors (Lipinski definition) is 7. The Hall–Kier alpha value is -3.68. The van der Waals surface area contributed by atoms with Gasteiger partial charge in [-0.05, 0) is 53.4 Å². The average molecular weight is 517 g/mol. The molecule has 0 bridgehead atoms. The van der Waals surface area contributed by atoms with Crippen LogP contribution in [0, 0.1) is 5.92 Å². The zero-order valence-corrected chi connectivity index (χ0v) is 22.4. The van der Waals surface area contributed by atoms with Gasteiger partial charge in [0.15, 0.2) is 0 Å². The SMILES string of the molecule is COCCCOC(=O)Cc1ccccc1OCc1cc(-c2ccnc(CN)c2)c2oc(CC(C)C)cc2c1. The number of furan rings is 1. The molecule has 0 aliphatic carbocycles. The monoisotopic (exact) mass is 516 g/mol. The number of esters is 1. The van der Waals surface area contributed by atoms with Crippen molar-refractivity contribution >= 4 is 16.9 Å². The number of fused-ring (bicyclic) bond motifs is 1. The van der Waals surface area contributed by atoms with Gasteiger partial charge < -0.3 is 24.4 Å². The van der Waals surface area contributed by atoms with Crippen molar-refractivity contribution in [2.45, 2.75) is 46.3 Å². The molecule has 0 radical (unpaired) electrons. The molecule has 0 saturated heterocycles. The van der Waals surface area contributed by atoms with Crippen LogP contribution in [0.15, 0.2) is 65.2 Å². The van der Waals surface area contributed by atoms with Gasteiger partial charge in [0, 0.05) is 55.8 Å². The minimum absolute atomic E-state index is 0.145. The summed E-state index contributed by atoms with van der Waals surface area (Å²) in [6, 6.07) is 17.8. The Labute approximate surface area is 223 Å². The van der Waals surface area contributed by atoms with E-state index in [0.717, 1.165) is 51.1 Å². The molecule has 0 atom stereocenters. The summed E-state index contributed by atoms with van der Waals surface area (Å²) in [5, 5.41) is 1.02. The lowest BCUT2D eigenvalue weighted by Crippen LogP contribution is -2.11. The highest BCUT2D eigenvalue weighted by Crippen LogP contribution is 2.34. The summed E-state index contributed by atoms with van der Waals surface area (Å²) < 4.78 is 22.9. The summed E-state index contributed by atoms with van der Waals surface area (Å²) in [6.45, 7) is 5.95. The molecule has 2 heterocycles. The number of hydrogen-bond donors (Lipinski definition) is 1. The second-order valence-corrected chi connectivity index (χ2v) is 9.75. The van der Waals surface area contributed by atoms with E-state index in [0.29, 0.717) is 44.5 Å². The Morgan fingerprint density at radius 3 is 2.71 bits per heavy atom. The van der Waals surface area contributed by atoms with E-state index in [1.54, 1.807) is 13.3 Å². The van der Waals surface area contributed by atoms with Crippen LogP contribution >= 0.6 is 0 Å². The van der Waals surface area contributed by atoms with Crippen LogP contribution in [-0.4, -0.2) is 31.3 Å². The second kappa shape index (κ2) is 13.2. The molecule has 0 amide bonds. The van der Waals surface area contributed by atoms with Gasteiger partial charge in [-0.2, -0.15) is 0 Å². The number of pyridine rings is 1. The van der Waals surface area contributed by atoms with Gasteiger partial charge in [0.05, 0.1) is 18.7 Å². The third kappa shape index (κ3) is 7.21. The minimum Gasteiger partial charge on any atom is -0.489 e. The van der Waals surface area contributed by atoms with Crippen molar-refractivity contribution in [2.75, 3.05) is 20.3 Å². The molecule has 2 aromatic heterocycles. The average Bonchev–Trinajstić information content (AvgIpc) is 3.31. The molecule has 38 heavy (non-hydrogen) atoms. The Morgan fingerprint density at radius 2 is 1.92 bits per heavy atom. The summed E-state index contributed by atoms with van der Waals surface area (Å²) in [5.41, 5.74) is 11.3. The van der Waals surface area contributed by atoms with Gasteiger partial charge >= 0.3 is 5.97 Å². The number of nitrogens with two attached hydrogens (primary N) is 1. The second-order valence-electron chi connectivity index (χ2n) is 9.75. The minimum atomic E-state index is -0.287. The molecule has 2 N–H and O–H groups in total. The molecular weight excluding hydrogens is 480 g/mol. The quantitative estimate of drug-likeness (QED) is 0.176. The molecule has 0 aliphatic heterocycles. The summed E-state index contributed by atoms with van der Waals surface area (Å²) >= 11 is 0. The summed E-state index contributed by atoms with van der Waals surface area (Å²) in [7, 11) is 1.63. The van der Waals surface area contributed by atoms with E-state index in [1.165, 1.54) is 0 Å². The first kappa shape index (κ1) is 27.4. The summed E-state index contributed by atoms with van der Waals surface area (Å²) in [6.07, 6.45) is 3.45. The highest BCUT2D eigenvalue weighted by Gasteiger charge is 2.15. The first-order valence-corrected chi connectivity index (χ1v) is 13.0. The van der Waals surface area contributed by atoms with E-state index in [-0.39, 0.29) is 12.4 Å². The fourth-order valence-electron chi connectivity index (χ4n) is 4.37. The number of methoxy groups -OCH3 is 1. The molecule has 0 spiro atoms. The lowest BCUT2D eigenvalue weighted by atomic mass is 10.0. The number of carbonyl (C=O) groups is 1. The number of para-hydroxylation sites is 1. The van der Waals surface area contributed by atoms with E-state index in [1.807, 2.05) is 36.4 Å². The maximum Gasteiger partial charge on any atom is 0.310 e.